The van der Waals surface area contributed by atoms with Crippen molar-refractivity contribution >= 4 is 5.91 Å². The Hall–Kier alpha value is -1.80. The van der Waals surface area contributed by atoms with E-state index in [-0.39, 0.29) is 11.9 Å². The monoisotopic (exact) mass is 274 g/mol. The zero-order chi connectivity index (χ0) is 14.7. The van der Waals surface area contributed by atoms with Gasteiger partial charge in [0.05, 0.1) is 0 Å². The molecule has 1 unspecified atom stereocenters. The lowest BCUT2D eigenvalue weighted by molar-refractivity contribution is -0.127. The summed E-state index contributed by atoms with van der Waals surface area (Å²) in [6, 6.07) is 4.37. The number of hydrogen-bond acceptors (Lipinski definition) is 3. The molecule has 5 nitrogen and oxygen atoms in total. The number of rotatable bonds is 5. The minimum atomic E-state index is 0.252. The SMILES string of the molecule is Cc1c(CNC(C)CN2CCCC2=O)cc(C#N)n1C. The van der Waals surface area contributed by atoms with Crippen molar-refractivity contribution in [2.45, 2.75) is 39.3 Å². The van der Waals surface area contributed by atoms with Gasteiger partial charge in [0.15, 0.2) is 0 Å². The molecule has 0 bridgehead atoms. The van der Waals surface area contributed by atoms with E-state index >= 15 is 0 Å². The Morgan fingerprint density at radius 3 is 2.85 bits per heavy atom. The van der Waals surface area contributed by atoms with E-state index in [1.165, 1.54) is 0 Å². The van der Waals surface area contributed by atoms with Gasteiger partial charge in [-0.15, -0.1) is 0 Å². The third-order valence-corrected chi connectivity index (χ3v) is 4.06. The van der Waals surface area contributed by atoms with Crippen molar-refractivity contribution in [1.29, 1.82) is 5.26 Å². The summed E-state index contributed by atoms with van der Waals surface area (Å²) in [4.78, 5) is 13.5. The molecule has 5 heteroatoms. The summed E-state index contributed by atoms with van der Waals surface area (Å²) in [5.74, 6) is 0.265. The van der Waals surface area contributed by atoms with Crippen LogP contribution in [0.15, 0.2) is 6.07 Å². The molecule has 1 aliphatic rings. The highest BCUT2D eigenvalue weighted by Gasteiger charge is 2.21. The minimum Gasteiger partial charge on any atom is -0.341 e. The fourth-order valence-corrected chi connectivity index (χ4v) is 2.62. The standard InChI is InChI=1S/C15H22N4O/c1-11(10-19-6-4-5-15(19)20)17-9-13-7-14(8-16)18(3)12(13)2/h7,11,17H,4-6,9-10H2,1-3H3. The van der Waals surface area contributed by atoms with Crippen LogP contribution in [-0.2, 0) is 18.4 Å². The van der Waals surface area contributed by atoms with Gasteiger partial charge in [-0.2, -0.15) is 5.26 Å². The Bertz CT molecular complexity index is 541. The van der Waals surface area contributed by atoms with Crippen molar-refractivity contribution < 1.29 is 4.79 Å². The summed E-state index contributed by atoms with van der Waals surface area (Å²) in [5.41, 5.74) is 2.93. The van der Waals surface area contributed by atoms with Crippen LogP contribution in [0.3, 0.4) is 0 Å². The molecule has 1 aromatic heterocycles. The zero-order valence-corrected chi connectivity index (χ0v) is 12.4. The first-order valence-corrected chi connectivity index (χ1v) is 7.09. The van der Waals surface area contributed by atoms with Gasteiger partial charge in [0.2, 0.25) is 5.91 Å². The van der Waals surface area contributed by atoms with E-state index in [4.69, 9.17) is 5.26 Å². The zero-order valence-electron chi connectivity index (χ0n) is 12.4. The molecule has 1 aliphatic heterocycles. The average molecular weight is 274 g/mol. The van der Waals surface area contributed by atoms with Gasteiger partial charge >= 0.3 is 0 Å². The summed E-state index contributed by atoms with van der Waals surface area (Å²) in [5, 5.41) is 12.5. The molecule has 2 heterocycles. The first kappa shape index (κ1) is 14.6. The predicted octanol–water partition coefficient (Wildman–Crippen LogP) is 1.31. The molecule has 2 rings (SSSR count). The summed E-state index contributed by atoms with van der Waals surface area (Å²) < 4.78 is 1.91. The maximum atomic E-state index is 11.6. The van der Waals surface area contributed by atoms with Gasteiger partial charge in [0.25, 0.3) is 0 Å². The van der Waals surface area contributed by atoms with E-state index < -0.39 is 0 Å². The Balaban J connectivity index is 1.89. The highest BCUT2D eigenvalue weighted by molar-refractivity contribution is 5.78. The predicted molar refractivity (Wildman–Crippen MR) is 77.0 cm³/mol. The van der Waals surface area contributed by atoms with Crippen LogP contribution in [0.25, 0.3) is 0 Å². The fraction of sp³-hybridized carbons (Fsp3) is 0.600. The van der Waals surface area contributed by atoms with Crippen molar-refractivity contribution in [2.24, 2.45) is 7.05 Å². The smallest absolute Gasteiger partial charge is 0.222 e. The molecular weight excluding hydrogens is 252 g/mol. The maximum Gasteiger partial charge on any atom is 0.222 e. The Morgan fingerprint density at radius 2 is 2.30 bits per heavy atom. The van der Waals surface area contributed by atoms with Crippen LogP contribution < -0.4 is 5.32 Å². The third kappa shape index (κ3) is 3.02. The van der Waals surface area contributed by atoms with Crippen molar-refractivity contribution in [3.05, 3.63) is 23.0 Å². The van der Waals surface area contributed by atoms with Crippen LogP contribution in [0.1, 0.15) is 36.7 Å². The number of likely N-dealkylation sites (tertiary alicyclic amines) is 1. The molecule has 0 radical (unpaired) electrons. The van der Waals surface area contributed by atoms with Crippen LogP contribution >= 0.6 is 0 Å². The molecule has 1 saturated heterocycles. The van der Waals surface area contributed by atoms with Gasteiger partial charge in [-0.3, -0.25) is 4.79 Å². The van der Waals surface area contributed by atoms with Gasteiger partial charge in [0.1, 0.15) is 11.8 Å². The molecule has 0 aromatic carbocycles. The van der Waals surface area contributed by atoms with E-state index in [0.29, 0.717) is 12.1 Å². The van der Waals surface area contributed by atoms with Gasteiger partial charge in [-0.25, -0.2) is 0 Å². The second kappa shape index (κ2) is 6.10. The first-order chi connectivity index (χ1) is 9.52. The third-order valence-electron chi connectivity index (χ3n) is 4.06. The topological polar surface area (TPSA) is 61.1 Å². The number of amides is 1. The van der Waals surface area contributed by atoms with Gasteiger partial charge in [-0.1, -0.05) is 0 Å². The quantitative estimate of drug-likeness (QED) is 0.880. The molecule has 1 fully saturated rings. The molecule has 20 heavy (non-hydrogen) atoms. The summed E-state index contributed by atoms with van der Waals surface area (Å²) in [6.45, 7) is 6.48. The minimum absolute atomic E-state index is 0.252. The summed E-state index contributed by atoms with van der Waals surface area (Å²) in [7, 11) is 1.91. The van der Waals surface area contributed by atoms with Gasteiger partial charge < -0.3 is 14.8 Å². The number of carbonyl (C=O) groups is 1. The van der Waals surface area contributed by atoms with E-state index in [1.54, 1.807) is 0 Å². The normalized spacial score (nSPS) is 16.5. The molecular formula is C15H22N4O. The fourth-order valence-electron chi connectivity index (χ4n) is 2.62. The average Bonchev–Trinajstić information content (AvgIpc) is 2.94. The van der Waals surface area contributed by atoms with Crippen LogP contribution in [0.5, 0.6) is 0 Å². The van der Waals surface area contributed by atoms with Crippen molar-refractivity contribution in [2.75, 3.05) is 13.1 Å². The molecule has 1 N–H and O–H groups in total. The van der Waals surface area contributed by atoms with E-state index in [9.17, 15) is 4.79 Å². The number of nitrogens with zero attached hydrogens (tertiary/aromatic N) is 3. The molecule has 1 aromatic rings. The van der Waals surface area contributed by atoms with Crippen LogP contribution in [0.2, 0.25) is 0 Å². The van der Waals surface area contributed by atoms with E-state index in [1.807, 2.05) is 29.5 Å². The van der Waals surface area contributed by atoms with Crippen molar-refractivity contribution in [3.63, 3.8) is 0 Å². The van der Waals surface area contributed by atoms with Crippen LogP contribution in [0, 0.1) is 18.3 Å². The summed E-state index contributed by atoms with van der Waals surface area (Å²) in [6.07, 6.45) is 1.67. The van der Waals surface area contributed by atoms with Gasteiger partial charge in [0, 0.05) is 44.8 Å². The highest BCUT2D eigenvalue weighted by Crippen LogP contribution is 2.14. The first-order valence-electron chi connectivity index (χ1n) is 7.09. The lowest BCUT2D eigenvalue weighted by Gasteiger charge is -2.21. The second-order valence-corrected chi connectivity index (χ2v) is 5.54. The second-order valence-electron chi connectivity index (χ2n) is 5.54. The Morgan fingerprint density at radius 1 is 1.55 bits per heavy atom. The summed E-state index contributed by atoms with van der Waals surface area (Å²) >= 11 is 0. The van der Waals surface area contributed by atoms with Crippen molar-refractivity contribution in [1.82, 2.24) is 14.8 Å². The number of aromatic nitrogens is 1. The largest absolute Gasteiger partial charge is 0.341 e. The molecule has 1 amide bonds. The molecule has 0 spiro atoms. The van der Waals surface area contributed by atoms with E-state index in [0.717, 1.165) is 37.3 Å². The lowest BCUT2D eigenvalue weighted by atomic mass is 10.2. The number of nitrogens with one attached hydrogen (secondary N) is 1. The molecule has 0 aliphatic carbocycles. The van der Waals surface area contributed by atoms with Crippen molar-refractivity contribution in [3.8, 4) is 6.07 Å². The number of hydrogen-bond donors (Lipinski definition) is 1. The molecule has 0 saturated carbocycles. The number of nitriles is 1. The Kier molecular flexibility index (Phi) is 4.46. The van der Waals surface area contributed by atoms with E-state index in [2.05, 4.69) is 18.3 Å². The maximum absolute atomic E-state index is 11.6. The van der Waals surface area contributed by atoms with Crippen LogP contribution in [-0.4, -0.2) is 34.5 Å². The lowest BCUT2D eigenvalue weighted by Crippen LogP contribution is -2.39. The number of carbonyl (C=O) groups excluding carboxylic acids is 1. The van der Waals surface area contributed by atoms with Gasteiger partial charge in [-0.05, 0) is 31.9 Å². The Labute approximate surface area is 120 Å². The molecule has 1 atom stereocenters. The highest BCUT2D eigenvalue weighted by atomic mass is 16.2. The van der Waals surface area contributed by atoms with Crippen LogP contribution in [0.4, 0.5) is 0 Å². The molecule has 108 valence electrons.